The molecule has 1 amide bonds. The summed E-state index contributed by atoms with van der Waals surface area (Å²) in [5, 5.41) is 2.25. The molecule has 0 bridgehead atoms. The highest BCUT2D eigenvalue weighted by molar-refractivity contribution is 5.82. The van der Waals surface area contributed by atoms with Crippen LogP contribution < -0.4 is 15.7 Å². The second kappa shape index (κ2) is 7.35. The lowest BCUT2D eigenvalue weighted by Crippen LogP contribution is -2.31. The molecule has 0 saturated heterocycles. The standard InChI is InChI=1S/C15H14F3NO5/c1-22-5-4-19-13(20)8-23-9-2-3-10-11(15(16,17)18)7-14(21)24-12(10)6-9/h2-3,6-7H,4-5,8H2,1H3,(H,19,20). The fourth-order valence-corrected chi connectivity index (χ4v) is 1.96. The van der Waals surface area contributed by atoms with E-state index in [9.17, 15) is 22.8 Å². The van der Waals surface area contributed by atoms with Crippen molar-refractivity contribution in [1.82, 2.24) is 5.32 Å². The predicted molar refractivity (Wildman–Crippen MR) is 77.9 cm³/mol. The number of carbonyl (C=O) groups is 1. The zero-order chi connectivity index (χ0) is 17.7. The van der Waals surface area contributed by atoms with E-state index in [2.05, 4.69) is 5.32 Å². The van der Waals surface area contributed by atoms with Gasteiger partial charge < -0.3 is 19.2 Å². The highest BCUT2D eigenvalue weighted by atomic mass is 19.4. The second-order valence-corrected chi connectivity index (χ2v) is 4.77. The molecule has 2 aromatic rings. The van der Waals surface area contributed by atoms with Gasteiger partial charge in [0, 0.05) is 31.2 Å². The van der Waals surface area contributed by atoms with Gasteiger partial charge in [-0.1, -0.05) is 0 Å². The van der Waals surface area contributed by atoms with Gasteiger partial charge in [-0.15, -0.1) is 0 Å². The van der Waals surface area contributed by atoms with E-state index in [0.29, 0.717) is 19.2 Å². The SMILES string of the molecule is COCCNC(=O)COc1ccc2c(C(F)(F)F)cc(=O)oc2c1. The quantitative estimate of drug-likeness (QED) is 0.640. The van der Waals surface area contributed by atoms with Gasteiger partial charge in [-0.2, -0.15) is 13.2 Å². The first-order valence-electron chi connectivity index (χ1n) is 6.85. The summed E-state index contributed by atoms with van der Waals surface area (Å²) in [4.78, 5) is 22.8. The molecule has 0 spiro atoms. The number of hydrogen-bond acceptors (Lipinski definition) is 5. The van der Waals surface area contributed by atoms with Gasteiger partial charge in [-0.25, -0.2) is 4.79 Å². The van der Waals surface area contributed by atoms with Crippen molar-refractivity contribution >= 4 is 16.9 Å². The first kappa shape index (κ1) is 17.8. The summed E-state index contributed by atoms with van der Waals surface area (Å²) in [6.45, 7) is 0.311. The monoisotopic (exact) mass is 345 g/mol. The van der Waals surface area contributed by atoms with E-state index in [1.807, 2.05) is 0 Å². The van der Waals surface area contributed by atoms with Gasteiger partial charge in [-0.3, -0.25) is 4.79 Å². The molecule has 130 valence electrons. The number of fused-ring (bicyclic) bond motifs is 1. The number of amides is 1. The summed E-state index contributed by atoms with van der Waals surface area (Å²) in [6.07, 6.45) is -4.68. The number of methoxy groups -OCH3 is 1. The maximum atomic E-state index is 12.9. The molecule has 0 aliphatic heterocycles. The first-order chi connectivity index (χ1) is 11.3. The average molecular weight is 345 g/mol. The molecular formula is C15H14F3NO5. The van der Waals surface area contributed by atoms with Crippen molar-refractivity contribution in [3.8, 4) is 5.75 Å². The Balaban J connectivity index is 2.17. The Labute approximate surface area is 134 Å². The van der Waals surface area contributed by atoms with Crippen LogP contribution in [0.2, 0.25) is 0 Å². The summed E-state index contributed by atoms with van der Waals surface area (Å²) in [5.41, 5.74) is -2.48. The van der Waals surface area contributed by atoms with Crippen molar-refractivity contribution in [2.24, 2.45) is 0 Å². The molecule has 0 saturated carbocycles. The van der Waals surface area contributed by atoms with Crippen LogP contribution in [0, 0.1) is 0 Å². The molecule has 1 aromatic carbocycles. The molecule has 1 N–H and O–H groups in total. The van der Waals surface area contributed by atoms with E-state index >= 15 is 0 Å². The molecule has 2 rings (SSSR count). The van der Waals surface area contributed by atoms with Crippen molar-refractivity contribution in [3.05, 3.63) is 40.2 Å². The lowest BCUT2D eigenvalue weighted by molar-refractivity contribution is -0.136. The van der Waals surface area contributed by atoms with Crippen LogP contribution in [-0.4, -0.2) is 32.8 Å². The summed E-state index contributed by atoms with van der Waals surface area (Å²) in [7, 11) is 1.49. The number of nitrogens with one attached hydrogen (secondary N) is 1. The van der Waals surface area contributed by atoms with Crippen LogP contribution >= 0.6 is 0 Å². The largest absolute Gasteiger partial charge is 0.484 e. The number of halogens is 3. The third-order valence-corrected chi connectivity index (χ3v) is 3.02. The molecule has 0 fully saturated rings. The van der Waals surface area contributed by atoms with Crippen molar-refractivity contribution in [2.45, 2.75) is 6.18 Å². The van der Waals surface area contributed by atoms with Crippen molar-refractivity contribution in [2.75, 3.05) is 26.9 Å². The highest BCUT2D eigenvalue weighted by Crippen LogP contribution is 2.34. The number of rotatable bonds is 6. The van der Waals surface area contributed by atoms with Gasteiger partial charge >= 0.3 is 11.8 Å². The third-order valence-electron chi connectivity index (χ3n) is 3.02. The molecule has 1 aromatic heterocycles. The van der Waals surface area contributed by atoms with Gasteiger partial charge in [-0.05, 0) is 12.1 Å². The van der Waals surface area contributed by atoms with E-state index in [0.717, 1.165) is 12.1 Å². The van der Waals surface area contributed by atoms with Crippen LogP contribution in [0.3, 0.4) is 0 Å². The fourth-order valence-electron chi connectivity index (χ4n) is 1.96. The van der Waals surface area contributed by atoms with Gasteiger partial charge in [0.2, 0.25) is 0 Å². The third kappa shape index (κ3) is 4.48. The molecule has 0 aliphatic rings. The van der Waals surface area contributed by atoms with Crippen LogP contribution in [0.4, 0.5) is 13.2 Å². The lowest BCUT2D eigenvalue weighted by Gasteiger charge is -2.11. The molecule has 0 radical (unpaired) electrons. The van der Waals surface area contributed by atoms with Crippen LogP contribution in [0.25, 0.3) is 11.0 Å². The summed E-state index contributed by atoms with van der Waals surface area (Å²) in [5.74, 6) is -0.315. The molecule has 0 unspecified atom stereocenters. The number of alkyl halides is 3. The van der Waals surface area contributed by atoms with Gasteiger partial charge in [0.15, 0.2) is 6.61 Å². The van der Waals surface area contributed by atoms with E-state index in [-0.39, 0.29) is 23.3 Å². The van der Waals surface area contributed by atoms with E-state index in [1.165, 1.54) is 13.2 Å². The van der Waals surface area contributed by atoms with Crippen LogP contribution in [-0.2, 0) is 15.7 Å². The molecule has 0 aliphatic carbocycles. The smallest absolute Gasteiger partial charge is 0.417 e. The Morgan fingerprint density at radius 2 is 2.04 bits per heavy atom. The van der Waals surface area contributed by atoms with Gasteiger partial charge in [0.1, 0.15) is 11.3 Å². The second-order valence-electron chi connectivity index (χ2n) is 4.77. The molecular weight excluding hydrogens is 331 g/mol. The lowest BCUT2D eigenvalue weighted by atomic mass is 10.1. The Kier molecular flexibility index (Phi) is 5.45. The topological polar surface area (TPSA) is 77.8 Å². The predicted octanol–water partition coefficient (Wildman–Crippen LogP) is 1.95. The molecule has 1 heterocycles. The van der Waals surface area contributed by atoms with Crippen LogP contribution in [0.15, 0.2) is 33.5 Å². The van der Waals surface area contributed by atoms with E-state index < -0.39 is 23.3 Å². The molecule has 0 atom stereocenters. The highest BCUT2D eigenvalue weighted by Gasteiger charge is 2.33. The fraction of sp³-hybridized carbons (Fsp3) is 0.333. The minimum Gasteiger partial charge on any atom is -0.484 e. The Bertz CT molecular complexity index is 785. The maximum Gasteiger partial charge on any atom is 0.417 e. The van der Waals surface area contributed by atoms with E-state index in [4.69, 9.17) is 13.9 Å². The number of hydrogen-bond donors (Lipinski definition) is 1. The Hall–Kier alpha value is -2.55. The maximum absolute atomic E-state index is 12.9. The summed E-state index contributed by atoms with van der Waals surface area (Å²) in [6, 6.07) is 3.92. The summed E-state index contributed by atoms with van der Waals surface area (Å²) < 4.78 is 53.5. The minimum absolute atomic E-state index is 0.104. The van der Waals surface area contributed by atoms with Gasteiger partial charge in [0.05, 0.1) is 12.2 Å². The van der Waals surface area contributed by atoms with Crippen LogP contribution in [0.5, 0.6) is 5.75 Å². The first-order valence-corrected chi connectivity index (χ1v) is 6.85. The van der Waals surface area contributed by atoms with Crippen molar-refractivity contribution < 1.29 is 31.9 Å². The average Bonchev–Trinajstić information content (AvgIpc) is 2.51. The van der Waals surface area contributed by atoms with Gasteiger partial charge in [0.25, 0.3) is 5.91 Å². The van der Waals surface area contributed by atoms with Crippen molar-refractivity contribution in [1.29, 1.82) is 0 Å². The van der Waals surface area contributed by atoms with Crippen LogP contribution in [0.1, 0.15) is 5.56 Å². The molecule has 6 nitrogen and oxygen atoms in total. The molecule has 24 heavy (non-hydrogen) atoms. The van der Waals surface area contributed by atoms with Crippen molar-refractivity contribution in [3.63, 3.8) is 0 Å². The zero-order valence-electron chi connectivity index (χ0n) is 12.6. The number of ether oxygens (including phenoxy) is 2. The Morgan fingerprint density at radius 1 is 1.29 bits per heavy atom. The van der Waals surface area contributed by atoms with E-state index in [1.54, 1.807) is 0 Å². The number of benzene rings is 1. The minimum atomic E-state index is -4.68. The summed E-state index contributed by atoms with van der Waals surface area (Å²) >= 11 is 0. The Morgan fingerprint density at radius 3 is 2.71 bits per heavy atom. The zero-order valence-corrected chi connectivity index (χ0v) is 12.6. The molecule has 9 heteroatoms. The normalized spacial score (nSPS) is 11.5. The number of carbonyl (C=O) groups excluding carboxylic acids is 1.